The fourth-order valence-electron chi connectivity index (χ4n) is 3.38. The van der Waals surface area contributed by atoms with Crippen molar-refractivity contribution < 1.29 is 5.11 Å². The van der Waals surface area contributed by atoms with E-state index in [2.05, 4.69) is 18.7 Å². The van der Waals surface area contributed by atoms with Gasteiger partial charge in [0.05, 0.1) is 6.10 Å². The fourth-order valence-corrected chi connectivity index (χ4v) is 3.38. The van der Waals surface area contributed by atoms with Crippen LogP contribution in [0.4, 0.5) is 0 Å². The Kier molecular flexibility index (Phi) is 3.91. The van der Waals surface area contributed by atoms with Crippen LogP contribution < -0.4 is 0 Å². The van der Waals surface area contributed by atoms with Crippen molar-refractivity contribution in [1.29, 1.82) is 0 Å². The molecule has 0 aromatic heterocycles. The summed E-state index contributed by atoms with van der Waals surface area (Å²) in [7, 11) is 0. The number of nitrogens with zero attached hydrogens (tertiary/aromatic N) is 1. The molecule has 0 aromatic carbocycles. The molecule has 1 aliphatic heterocycles. The van der Waals surface area contributed by atoms with Gasteiger partial charge in [0.25, 0.3) is 0 Å². The summed E-state index contributed by atoms with van der Waals surface area (Å²) in [6.07, 6.45) is 7.70. The van der Waals surface area contributed by atoms with Gasteiger partial charge in [-0.1, -0.05) is 39.5 Å². The summed E-state index contributed by atoms with van der Waals surface area (Å²) in [5, 5.41) is 10.1. The lowest BCUT2D eigenvalue weighted by Gasteiger charge is -2.23. The third-order valence-corrected chi connectivity index (χ3v) is 4.31. The average molecular weight is 225 g/mol. The van der Waals surface area contributed by atoms with E-state index in [1.165, 1.54) is 38.6 Å². The quantitative estimate of drug-likeness (QED) is 0.795. The molecule has 16 heavy (non-hydrogen) atoms. The molecule has 2 fully saturated rings. The molecular weight excluding hydrogens is 198 g/mol. The van der Waals surface area contributed by atoms with Crippen LogP contribution in [0.1, 0.15) is 52.4 Å². The maximum absolute atomic E-state index is 10.1. The summed E-state index contributed by atoms with van der Waals surface area (Å²) in [6, 6.07) is 0. The van der Waals surface area contributed by atoms with Crippen LogP contribution in [0.2, 0.25) is 0 Å². The Labute approximate surface area is 100 Å². The number of aliphatic hydroxyl groups excluding tert-OH is 1. The zero-order chi connectivity index (χ0) is 11.6. The molecule has 2 rings (SSSR count). The SMILES string of the molecule is CC1(C)CCN(CC(O)CC2CCCC2)C1. The van der Waals surface area contributed by atoms with Crippen LogP contribution in [-0.2, 0) is 0 Å². The molecule has 0 radical (unpaired) electrons. The zero-order valence-electron chi connectivity index (χ0n) is 10.9. The summed E-state index contributed by atoms with van der Waals surface area (Å²) in [4.78, 5) is 2.44. The number of likely N-dealkylation sites (tertiary alicyclic amines) is 1. The Morgan fingerprint density at radius 3 is 2.56 bits per heavy atom. The molecule has 1 aliphatic carbocycles. The van der Waals surface area contributed by atoms with Gasteiger partial charge in [0.1, 0.15) is 0 Å². The van der Waals surface area contributed by atoms with E-state index in [1.807, 2.05) is 0 Å². The minimum absolute atomic E-state index is 0.0861. The molecule has 1 atom stereocenters. The predicted molar refractivity (Wildman–Crippen MR) is 67.4 cm³/mol. The standard InChI is InChI=1S/C14H27NO/c1-14(2)7-8-15(11-14)10-13(16)9-12-5-3-4-6-12/h12-13,16H,3-11H2,1-2H3. The van der Waals surface area contributed by atoms with Gasteiger partial charge in [-0.3, -0.25) is 0 Å². The molecule has 1 heterocycles. The van der Waals surface area contributed by atoms with Gasteiger partial charge in [-0.15, -0.1) is 0 Å². The third kappa shape index (κ3) is 3.46. The lowest BCUT2D eigenvalue weighted by atomic mass is 9.93. The highest BCUT2D eigenvalue weighted by Crippen LogP contribution is 2.31. The number of hydrogen-bond donors (Lipinski definition) is 1. The average Bonchev–Trinajstić information content (AvgIpc) is 2.76. The van der Waals surface area contributed by atoms with Crippen molar-refractivity contribution >= 4 is 0 Å². The smallest absolute Gasteiger partial charge is 0.0669 e. The van der Waals surface area contributed by atoms with E-state index in [1.54, 1.807) is 0 Å². The normalized spacial score (nSPS) is 28.7. The first kappa shape index (κ1) is 12.4. The van der Waals surface area contributed by atoms with Crippen molar-refractivity contribution in [2.24, 2.45) is 11.3 Å². The largest absolute Gasteiger partial charge is 0.392 e. The van der Waals surface area contributed by atoms with Crippen LogP contribution >= 0.6 is 0 Å². The summed E-state index contributed by atoms with van der Waals surface area (Å²) in [5.74, 6) is 0.811. The van der Waals surface area contributed by atoms with E-state index in [0.717, 1.165) is 25.4 Å². The highest BCUT2D eigenvalue weighted by atomic mass is 16.3. The molecule has 0 spiro atoms. The van der Waals surface area contributed by atoms with E-state index >= 15 is 0 Å². The summed E-state index contributed by atoms with van der Waals surface area (Å²) in [5.41, 5.74) is 0.465. The van der Waals surface area contributed by atoms with Gasteiger partial charge in [0, 0.05) is 13.1 Å². The topological polar surface area (TPSA) is 23.5 Å². The van der Waals surface area contributed by atoms with Crippen molar-refractivity contribution in [2.45, 2.75) is 58.5 Å². The molecular formula is C14H27NO. The fraction of sp³-hybridized carbons (Fsp3) is 1.00. The van der Waals surface area contributed by atoms with Gasteiger partial charge in [-0.25, -0.2) is 0 Å². The minimum atomic E-state index is -0.0861. The second-order valence-electron chi connectivity index (χ2n) is 6.69. The molecule has 94 valence electrons. The molecule has 1 unspecified atom stereocenters. The van der Waals surface area contributed by atoms with Crippen LogP contribution in [0.5, 0.6) is 0 Å². The number of hydrogen-bond acceptors (Lipinski definition) is 2. The van der Waals surface area contributed by atoms with E-state index < -0.39 is 0 Å². The lowest BCUT2D eigenvalue weighted by molar-refractivity contribution is 0.0974. The first-order valence-corrected chi connectivity index (χ1v) is 6.96. The Morgan fingerprint density at radius 1 is 1.31 bits per heavy atom. The maximum Gasteiger partial charge on any atom is 0.0669 e. The minimum Gasteiger partial charge on any atom is -0.392 e. The highest BCUT2D eigenvalue weighted by molar-refractivity contribution is 4.84. The summed E-state index contributed by atoms with van der Waals surface area (Å²) >= 11 is 0. The second-order valence-corrected chi connectivity index (χ2v) is 6.69. The Bertz CT molecular complexity index is 221. The highest BCUT2D eigenvalue weighted by Gasteiger charge is 2.30. The van der Waals surface area contributed by atoms with Crippen molar-refractivity contribution in [3.63, 3.8) is 0 Å². The van der Waals surface area contributed by atoms with Crippen molar-refractivity contribution in [2.75, 3.05) is 19.6 Å². The van der Waals surface area contributed by atoms with Gasteiger partial charge >= 0.3 is 0 Å². The zero-order valence-corrected chi connectivity index (χ0v) is 10.9. The molecule has 2 heteroatoms. The molecule has 1 saturated carbocycles. The van der Waals surface area contributed by atoms with E-state index in [9.17, 15) is 5.11 Å². The Morgan fingerprint density at radius 2 is 2.00 bits per heavy atom. The van der Waals surface area contributed by atoms with Gasteiger partial charge in [0.2, 0.25) is 0 Å². The summed E-state index contributed by atoms with van der Waals surface area (Å²) < 4.78 is 0. The molecule has 1 N–H and O–H groups in total. The van der Waals surface area contributed by atoms with E-state index in [0.29, 0.717) is 5.41 Å². The number of rotatable bonds is 4. The van der Waals surface area contributed by atoms with Crippen molar-refractivity contribution in [3.05, 3.63) is 0 Å². The van der Waals surface area contributed by atoms with Crippen molar-refractivity contribution in [3.8, 4) is 0 Å². The number of aliphatic hydroxyl groups is 1. The first-order valence-electron chi connectivity index (χ1n) is 6.96. The Balaban J connectivity index is 1.69. The third-order valence-electron chi connectivity index (χ3n) is 4.31. The van der Waals surface area contributed by atoms with Crippen LogP contribution in [-0.4, -0.2) is 35.7 Å². The van der Waals surface area contributed by atoms with Crippen LogP contribution in [0, 0.1) is 11.3 Å². The maximum atomic E-state index is 10.1. The van der Waals surface area contributed by atoms with Gasteiger partial charge in [0.15, 0.2) is 0 Å². The van der Waals surface area contributed by atoms with E-state index in [-0.39, 0.29) is 6.10 Å². The predicted octanol–water partition coefficient (Wildman–Crippen LogP) is 2.66. The van der Waals surface area contributed by atoms with Gasteiger partial charge in [-0.2, -0.15) is 0 Å². The van der Waals surface area contributed by atoms with Crippen molar-refractivity contribution in [1.82, 2.24) is 4.90 Å². The molecule has 0 bridgehead atoms. The molecule has 0 amide bonds. The van der Waals surface area contributed by atoms with Crippen LogP contribution in [0.3, 0.4) is 0 Å². The van der Waals surface area contributed by atoms with E-state index in [4.69, 9.17) is 0 Å². The number of β-amino-alcohol motifs (C(OH)–C–C–N with tert-alkyl or cyclic N) is 1. The molecule has 2 aliphatic rings. The summed E-state index contributed by atoms with van der Waals surface area (Å²) in [6.45, 7) is 7.90. The lowest BCUT2D eigenvalue weighted by Crippen LogP contribution is -2.32. The van der Waals surface area contributed by atoms with Gasteiger partial charge in [-0.05, 0) is 30.7 Å². The van der Waals surface area contributed by atoms with Crippen LogP contribution in [0.25, 0.3) is 0 Å². The van der Waals surface area contributed by atoms with Gasteiger partial charge < -0.3 is 10.0 Å². The monoisotopic (exact) mass is 225 g/mol. The molecule has 0 aromatic rings. The second kappa shape index (κ2) is 5.05. The first-order chi connectivity index (χ1) is 7.55. The molecule has 1 saturated heterocycles. The molecule has 2 nitrogen and oxygen atoms in total. The van der Waals surface area contributed by atoms with Crippen LogP contribution in [0.15, 0.2) is 0 Å². The Hall–Kier alpha value is -0.0800.